The summed E-state index contributed by atoms with van der Waals surface area (Å²) >= 11 is 0. The molecule has 111 heavy (non-hydrogen) atoms. The molecule has 4 aliphatic rings. The zero-order valence-corrected chi connectivity index (χ0v) is 65.8. The number of amides is 4. The molecule has 0 saturated carbocycles. The second-order valence-electron chi connectivity index (χ2n) is 30.8. The monoisotopic (exact) mass is 1530 g/mol. The summed E-state index contributed by atoms with van der Waals surface area (Å²) in [4.78, 5) is 64.9. The van der Waals surface area contributed by atoms with Gasteiger partial charge in [-0.25, -0.2) is 28.0 Å². The second kappa shape index (κ2) is 47.8. The van der Waals surface area contributed by atoms with Gasteiger partial charge in [-0.2, -0.15) is 0 Å². The molecule has 0 aliphatic carbocycles. The zero-order chi connectivity index (χ0) is 80.1. The third-order valence-corrected chi connectivity index (χ3v) is 17.8. The summed E-state index contributed by atoms with van der Waals surface area (Å²) in [6, 6.07) is 51.1. The molecule has 4 aliphatic heterocycles. The van der Waals surface area contributed by atoms with Crippen LogP contribution in [0.3, 0.4) is 0 Å². The van der Waals surface area contributed by atoms with E-state index in [2.05, 4.69) is 71.8 Å². The van der Waals surface area contributed by atoms with Crippen LogP contribution in [-0.4, -0.2) is 149 Å². The lowest BCUT2D eigenvalue weighted by molar-refractivity contribution is -0.139. The Hall–Kier alpha value is -9.35. The van der Waals surface area contributed by atoms with Crippen LogP contribution in [0.4, 0.5) is 23.2 Å². The Bertz CT molecular complexity index is 3660. The van der Waals surface area contributed by atoms with E-state index in [0.29, 0.717) is 82.2 Å². The first-order valence-electron chi connectivity index (χ1n) is 38.0. The molecule has 6 aromatic rings. The van der Waals surface area contributed by atoms with E-state index in [-0.39, 0.29) is 62.4 Å². The number of carboxylic acids is 1. The van der Waals surface area contributed by atoms with E-state index >= 15 is 0 Å². The van der Waals surface area contributed by atoms with Crippen LogP contribution in [-0.2, 0) is 82.0 Å². The molecule has 0 unspecified atom stereocenters. The minimum atomic E-state index is -1.18. The summed E-state index contributed by atoms with van der Waals surface area (Å²) in [5, 5.41) is 21.0. The predicted octanol–water partition coefficient (Wildman–Crippen LogP) is 17.2. The number of ether oxygens (including phenoxy) is 7. The van der Waals surface area contributed by atoms with Crippen LogP contribution in [0.1, 0.15) is 154 Å². The molecule has 21 heteroatoms. The van der Waals surface area contributed by atoms with E-state index in [1.165, 1.54) is 47.5 Å². The van der Waals surface area contributed by atoms with Crippen molar-refractivity contribution in [1.82, 2.24) is 31.1 Å². The first-order chi connectivity index (χ1) is 52.5. The number of carbonyl (C=O) groups is 5. The lowest BCUT2D eigenvalue weighted by Gasteiger charge is -2.29. The van der Waals surface area contributed by atoms with Gasteiger partial charge in [-0.05, 0) is 171 Å². The minimum absolute atomic E-state index is 0. The number of hydrogen-bond donors (Lipinski definition) is 5. The Morgan fingerprint density at radius 1 is 0.441 bits per heavy atom. The van der Waals surface area contributed by atoms with Gasteiger partial charge in [-0.3, -0.25) is 4.79 Å². The number of carboxylic acid groups (broad SMARTS) is 1. The number of rotatable bonds is 28. The van der Waals surface area contributed by atoms with Gasteiger partial charge in [0, 0.05) is 56.6 Å². The predicted molar refractivity (Wildman–Crippen MR) is 435 cm³/mol. The highest BCUT2D eigenvalue weighted by molar-refractivity contribution is 5.86. The van der Waals surface area contributed by atoms with Crippen molar-refractivity contribution in [2.75, 3.05) is 26.2 Å². The smallest absolute Gasteiger partial charge is 0.410 e. The topological polar surface area (TPSA) is 225 Å². The SMILES string of the molecule is C.C=CC[C@H]1C[C@@H](OCc2ccccc2)CN1.C=CC[C@H]1C[C@@H](OCc2ccccc2)CN1.C=CC[C@H]1C[C@@H](OCc2ccccc2)CN1C(=O)OC(C)(C)C.C=CC[C@H]1C[C@@H](OCc2ccccc2)CN1C(=O)[C@@H](Cc1ccc(F)cc1)NC(=O)OC(C)(C)C.CC(C)(C)OC(=O)N[C@H](Cc1ccc(F)cc1)C(=O)O. The van der Waals surface area contributed by atoms with Crippen LogP contribution in [0.5, 0.6) is 0 Å². The summed E-state index contributed by atoms with van der Waals surface area (Å²) in [5.41, 5.74) is 4.14. The van der Waals surface area contributed by atoms with Crippen molar-refractivity contribution >= 4 is 30.2 Å². The maximum atomic E-state index is 13.7. The molecule has 10 atom stereocenters. The van der Waals surface area contributed by atoms with Crippen LogP contribution in [0.25, 0.3) is 0 Å². The number of likely N-dealkylation sites (tertiary alicyclic amines) is 2. The molecule has 5 N–H and O–H groups in total. The molecule has 4 fully saturated rings. The molecule has 604 valence electrons. The molecule has 0 aromatic heterocycles. The first-order valence-corrected chi connectivity index (χ1v) is 38.0. The van der Waals surface area contributed by atoms with Crippen molar-refractivity contribution in [3.63, 3.8) is 0 Å². The Kier molecular flexibility index (Phi) is 39.7. The van der Waals surface area contributed by atoms with Crippen molar-refractivity contribution in [2.24, 2.45) is 0 Å². The number of benzene rings is 6. The van der Waals surface area contributed by atoms with Crippen molar-refractivity contribution in [1.29, 1.82) is 0 Å². The number of carbonyl (C=O) groups excluding carboxylic acids is 4. The molecule has 0 bridgehead atoms. The van der Waals surface area contributed by atoms with Crippen LogP contribution in [0.2, 0.25) is 0 Å². The molecule has 10 rings (SSSR count). The van der Waals surface area contributed by atoms with E-state index in [9.17, 15) is 32.8 Å². The Morgan fingerprint density at radius 3 is 1.09 bits per heavy atom. The van der Waals surface area contributed by atoms with Crippen LogP contribution in [0.15, 0.2) is 220 Å². The number of hydrogen-bond acceptors (Lipinski definition) is 14. The van der Waals surface area contributed by atoms with E-state index in [0.717, 1.165) is 68.3 Å². The molecule has 4 saturated heterocycles. The summed E-state index contributed by atoms with van der Waals surface area (Å²) in [5.74, 6) is -2.17. The fourth-order valence-electron chi connectivity index (χ4n) is 12.6. The lowest BCUT2D eigenvalue weighted by Crippen LogP contribution is -2.52. The van der Waals surface area contributed by atoms with Gasteiger partial charge in [0.1, 0.15) is 40.5 Å². The summed E-state index contributed by atoms with van der Waals surface area (Å²) in [6.45, 7) is 36.5. The molecule has 6 aromatic carbocycles. The van der Waals surface area contributed by atoms with Crippen LogP contribution < -0.4 is 21.3 Å². The largest absolute Gasteiger partial charge is 0.480 e. The second-order valence-corrected chi connectivity index (χ2v) is 30.8. The number of aliphatic carboxylic acids is 1. The average molecular weight is 1530 g/mol. The standard InChI is InChI=1S/C28H35FN2O4.C19H27NO3.C14H18FNO4.2C14H19NO.CH4/c1-5-9-23-17-24(34-19-21-10-7-6-8-11-21)18-31(23)26(32)25(30-27(33)35-28(2,3)4)16-20-12-14-22(29)15-13-20;1-5-9-16-12-17(22-14-15-10-7-6-8-11-15)13-20(16)18(21)23-19(2,3)4;1-14(2,3)20-13(19)16-11(12(17)18)8-9-4-6-10(15)7-5-9;2*1-2-6-13-9-14(10-15-13)16-11-12-7-4-3-5-8-12;/h5-8,10-15,23-25H,1,9,16-19H2,2-4H3,(H,30,33);5-8,10-11,16-17H,1,9,12-14H2,2-4H3;4-7,11H,8H2,1-3H3,(H,16,19)(H,17,18);2*2-5,7-8,13-15H,1,6,9-11H2;1H4/t23-,24+,25+;16-,17+;11-;2*13-,14+;/m00100./s1. The Balaban J connectivity index is 0.000000256. The molecule has 4 heterocycles. The number of nitrogens with one attached hydrogen (secondary N) is 4. The van der Waals surface area contributed by atoms with Gasteiger partial charge in [-0.1, -0.05) is 177 Å². The first kappa shape index (κ1) is 92.3. The molecule has 19 nitrogen and oxygen atoms in total. The maximum Gasteiger partial charge on any atom is 0.410 e. The van der Waals surface area contributed by atoms with Crippen molar-refractivity contribution in [3.05, 3.63) is 265 Å². The van der Waals surface area contributed by atoms with Crippen LogP contribution in [0, 0.1) is 11.6 Å². The van der Waals surface area contributed by atoms with Crippen molar-refractivity contribution in [2.45, 2.75) is 238 Å². The highest BCUT2D eigenvalue weighted by Gasteiger charge is 2.40. The van der Waals surface area contributed by atoms with Gasteiger partial charge in [0.15, 0.2) is 0 Å². The van der Waals surface area contributed by atoms with Gasteiger partial charge < -0.3 is 69.3 Å². The number of halogens is 2. The number of nitrogens with zero attached hydrogens (tertiary/aromatic N) is 2. The van der Waals surface area contributed by atoms with E-state index in [1.807, 2.05) is 136 Å². The Labute approximate surface area is 658 Å². The van der Waals surface area contributed by atoms with Gasteiger partial charge in [0.2, 0.25) is 5.91 Å². The highest BCUT2D eigenvalue weighted by atomic mass is 19.1. The fraction of sp³-hybridized carbons (Fsp3) is 0.456. The minimum Gasteiger partial charge on any atom is -0.480 e. The molecule has 4 amide bonds. The van der Waals surface area contributed by atoms with E-state index in [4.69, 9.17) is 38.3 Å². The summed E-state index contributed by atoms with van der Waals surface area (Å²) in [6.07, 6.45) is 13.8. The highest BCUT2D eigenvalue weighted by Crippen LogP contribution is 2.29. The third-order valence-electron chi connectivity index (χ3n) is 17.8. The molecule has 0 radical (unpaired) electrons. The van der Waals surface area contributed by atoms with E-state index < -0.39 is 52.9 Å². The van der Waals surface area contributed by atoms with Crippen molar-refractivity contribution < 1.29 is 71.0 Å². The Morgan fingerprint density at radius 2 is 0.757 bits per heavy atom. The summed E-state index contributed by atoms with van der Waals surface area (Å²) < 4.78 is 65.9. The molecular weight excluding hydrogens is 1410 g/mol. The number of alkyl carbamates (subject to hydrolysis) is 2. The van der Waals surface area contributed by atoms with Gasteiger partial charge in [-0.15, -0.1) is 26.3 Å². The fourth-order valence-corrected chi connectivity index (χ4v) is 12.6. The molecule has 0 spiro atoms. The molecular formula is C90H122F2N6O13. The summed E-state index contributed by atoms with van der Waals surface area (Å²) in [7, 11) is 0. The van der Waals surface area contributed by atoms with Gasteiger partial charge >= 0.3 is 24.2 Å². The van der Waals surface area contributed by atoms with Crippen LogP contribution >= 0.6 is 0 Å². The van der Waals surface area contributed by atoms with E-state index in [1.54, 1.807) is 69.6 Å². The maximum absolute atomic E-state index is 13.7. The zero-order valence-electron chi connectivity index (χ0n) is 65.8. The lowest BCUT2D eigenvalue weighted by atomic mass is 10.0. The van der Waals surface area contributed by atoms with Gasteiger partial charge in [0.25, 0.3) is 0 Å². The van der Waals surface area contributed by atoms with Gasteiger partial charge in [0.05, 0.1) is 57.4 Å². The average Bonchev–Trinajstić information content (AvgIpc) is 1.70. The normalized spacial score (nSPS) is 19.6. The third kappa shape index (κ3) is 36.6. The quantitative estimate of drug-likeness (QED) is 0.0227. The van der Waals surface area contributed by atoms with Crippen molar-refractivity contribution in [3.8, 4) is 0 Å².